The Kier molecular flexibility index (Phi) is 25.3. The Bertz CT molecular complexity index is 705. The lowest BCUT2D eigenvalue weighted by Crippen LogP contribution is -2.46. The van der Waals surface area contributed by atoms with Crippen molar-refractivity contribution in [2.45, 2.75) is 161 Å². The van der Waals surface area contributed by atoms with Crippen LogP contribution in [0.2, 0.25) is 0 Å². The monoisotopic (exact) mass is 557 g/mol. The SMILES string of the molecule is CCCCCCC/C=C\CCCCCCCC(=O)NC(CS(=O)(=O)O)C(O)/C=C/CCCCCCCCC. The van der Waals surface area contributed by atoms with Crippen molar-refractivity contribution in [1.29, 1.82) is 0 Å². The summed E-state index contributed by atoms with van der Waals surface area (Å²) in [6, 6.07) is -1.05. The molecule has 0 radical (unpaired) electrons. The number of hydrogen-bond donors (Lipinski definition) is 3. The molecule has 7 heteroatoms. The Hall–Kier alpha value is -1.18. The van der Waals surface area contributed by atoms with E-state index in [1.165, 1.54) is 76.7 Å². The van der Waals surface area contributed by atoms with Crippen molar-refractivity contribution in [3.8, 4) is 0 Å². The van der Waals surface area contributed by atoms with Crippen molar-refractivity contribution in [2.75, 3.05) is 5.75 Å². The first-order chi connectivity index (χ1) is 18.3. The smallest absolute Gasteiger partial charge is 0.267 e. The zero-order valence-electron chi connectivity index (χ0n) is 24.5. The van der Waals surface area contributed by atoms with Crippen molar-refractivity contribution in [1.82, 2.24) is 5.32 Å². The quantitative estimate of drug-likeness (QED) is 0.0538. The van der Waals surface area contributed by atoms with Gasteiger partial charge in [0.2, 0.25) is 5.91 Å². The number of carbonyl (C=O) groups excluding carboxylic acids is 1. The van der Waals surface area contributed by atoms with Crippen molar-refractivity contribution in [3.63, 3.8) is 0 Å². The van der Waals surface area contributed by atoms with Gasteiger partial charge >= 0.3 is 0 Å². The van der Waals surface area contributed by atoms with E-state index in [1.807, 2.05) is 6.08 Å². The summed E-state index contributed by atoms with van der Waals surface area (Å²) in [5, 5.41) is 13.0. The molecule has 0 rings (SSSR count). The van der Waals surface area contributed by atoms with Crippen LogP contribution in [0.4, 0.5) is 0 Å². The molecule has 0 aromatic carbocycles. The van der Waals surface area contributed by atoms with E-state index < -0.39 is 28.0 Å². The number of rotatable bonds is 27. The van der Waals surface area contributed by atoms with Crippen LogP contribution >= 0.6 is 0 Å². The number of aliphatic hydroxyl groups excluding tert-OH is 1. The molecule has 3 N–H and O–H groups in total. The third-order valence-electron chi connectivity index (χ3n) is 6.87. The molecule has 0 aliphatic heterocycles. The van der Waals surface area contributed by atoms with Gasteiger partial charge in [-0.25, -0.2) is 0 Å². The number of aliphatic hydroxyl groups is 1. The molecule has 0 saturated carbocycles. The maximum absolute atomic E-state index is 12.4. The second kappa shape index (κ2) is 26.1. The first kappa shape index (κ1) is 36.8. The van der Waals surface area contributed by atoms with Gasteiger partial charge < -0.3 is 10.4 Å². The minimum absolute atomic E-state index is 0.286. The Morgan fingerprint density at radius 1 is 0.684 bits per heavy atom. The molecule has 6 nitrogen and oxygen atoms in total. The van der Waals surface area contributed by atoms with Gasteiger partial charge in [-0.1, -0.05) is 122 Å². The highest BCUT2D eigenvalue weighted by molar-refractivity contribution is 7.85. The molecule has 0 aromatic heterocycles. The molecule has 224 valence electrons. The summed E-state index contributed by atoms with van der Waals surface area (Å²) in [4.78, 5) is 12.4. The van der Waals surface area contributed by atoms with E-state index in [9.17, 15) is 22.9 Å². The summed E-state index contributed by atoms with van der Waals surface area (Å²) in [5.74, 6) is -0.992. The van der Waals surface area contributed by atoms with Crippen LogP contribution in [-0.2, 0) is 14.9 Å². The zero-order valence-corrected chi connectivity index (χ0v) is 25.4. The van der Waals surface area contributed by atoms with E-state index in [0.717, 1.165) is 57.8 Å². The van der Waals surface area contributed by atoms with Gasteiger partial charge in [0.25, 0.3) is 10.1 Å². The first-order valence-electron chi connectivity index (χ1n) is 15.5. The molecule has 38 heavy (non-hydrogen) atoms. The van der Waals surface area contributed by atoms with Gasteiger partial charge in [0.05, 0.1) is 17.9 Å². The first-order valence-corrected chi connectivity index (χ1v) is 17.1. The van der Waals surface area contributed by atoms with Crippen LogP contribution in [-0.4, -0.2) is 41.9 Å². The second-order valence-electron chi connectivity index (χ2n) is 10.7. The Balaban J connectivity index is 4.08. The molecule has 0 aliphatic carbocycles. The molecular formula is C31H59NO5S. The van der Waals surface area contributed by atoms with E-state index in [-0.39, 0.29) is 12.3 Å². The second-order valence-corrected chi connectivity index (χ2v) is 12.2. The van der Waals surface area contributed by atoms with Crippen molar-refractivity contribution in [3.05, 3.63) is 24.3 Å². The van der Waals surface area contributed by atoms with Crippen LogP contribution < -0.4 is 5.32 Å². The van der Waals surface area contributed by atoms with Gasteiger partial charge in [-0.15, -0.1) is 0 Å². The number of unbranched alkanes of at least 4 members (excludes halogenated alkanes) is 17. The van der Waals surface area contributed by atoms with E-state index in [1.54, 1.807) is 0 Å². The van der Waals surface area contributed by atoms with Crippen LogP contribution in [0.1, 0.15) is 149 Å². The minimum atomic E-state index is -4.33. The molecule has 0 bridgehead atoms. The number of carbonyl (C=O) groups is 1. The highest BCUT2D eigenvalue weighted by Gasteiger charge is 2.24. The molecule has 0 fully saturated rings. The number of hydrogen-bond acceptors (Lipinski definition) is 4. The number of nitrogens with one attached hydrogen (secondary N) is 1. The molecule has 1 amide bonds. The van der Waals surface area contributed by atoms with Crippen molar-refractivity contribution >= 4 is 16.0 Å². The van der Waals surface area contributed by atoms with Crippen LogP contribution in [0.5, 0.6) is 0 Å². The molecule has 0 saturated heterocycles. The third-order valence-corrected chi connectivity index (χ3v) is 7.65. The number of allylic oxidation sites excluding steroid dienone is 3. The predicted octanol–water partition coefficient (Wildman–Crippen LogP) is 8.06. The number of amides is 1. The Morgan fingerprint density at radius 3 is 1.58 bits per heavy atom. The van der Waals surface area contributed by atoms with Gasteiger partial charge in [-0.05, 0) is 44.9 Å². The van der Waals surface area contributed by atoms with E-state index in [0.29, 0.717) is 0 Å². The molecule has 0 heterocycles. The standard InChI is InChI=1S/C31H59NO5S/c1-3-5-7-9-11-13-14-15-16-17-19-21-23-25-27-31(34)32-29(28-38(35,36)37)30(33)26-24-22-20-18-12-10-8-6-4-2/h14-15,24,26,29-30,33H,3-13,16-23,25,27-28H2,1-2H3,(H,32,34)(H,35,36,37)/b15-14-,26-24+. The highest BCUT2D eigenvalue weighted by atomic mass is 32.2. The largest absolute Gasteiger partial charge is 0.387 e. The summed E-state index contributed by atoms with van der Waals surface area (Å²) in [6.45, 7) is 4.44. The average molecular weight is 558 g/mol. The summed E-state index contributed by atoms with van der Waals surface area (Å²) in [7, 11) is -4.33. The fraction of sp³-hybridized carbons (Fsp3) is 0.839. The molecule has 0 aromatic rings. The maximum Gasteiger partial charge on any atom is 0.267 e. The van der Waals surface area contributed by atoms with Crippen molar-refractivity contribution < 1.29 is 22.9 Å². The van der Waals surface area contributed by atoms with Gasteiger partial charge in [0, 0.05) is 6.42 Å². The summed E-state index contributed by atoms with van der Waals surface area (Å²) in [5.41, 5.74) is 0. The topological polar surface area (TPSA) is 104 Å². The third kappa shape index (κ3) is 26.4. The Morgan fingerprint density at radius 2 is 1.11 bits per heavy atom. The van der Waals surface area contributed by atoms with E-state index in [4.69, 9.17) is 0 Å². The molecular weight excluding hydrogens is 498 g/mol. The summed E-state index contributed by atoms with van der Waals surface area (Å²) in [6.07, 6.45) is 30.2. The molecule has 0 spiro atoms. The molecule has 2 atom stereocenters. The lowest BCUT2D eigenvalue weighted by Gasteiger charge is -2.21. The van der Waals surface area contributed by atoms with Gasteiger partial charge in [-0.2, -0.15) is 8.42 Å². The summed E-state index contributed by atoms with van der Waals surface area (Å²) < 4.78 is 32.1. The average Bonchev–Trinajstić information content (AvgIpc) is 2.86. The minimum Gasteiger partial charge on any atom is -0.387 e. The lowest BCUT2D eigenvalue weighted by molar-refractivity contribution is -0.122. The Labute approximate surface area is 234 Å². The lowest BCUT2D eigenvalue weighted by atomic mass is 10.1. The van der Waals surface area contributed by atoms with E-state index in [2.05, 4.69) is 31.3 Å². The fourth-order valence-electron chi connectivity index (χ4n) is 4.50. The van der Waals surface area contributed by atoms with Gasteiger partial charge in [0.1, 0.15) is 0 Å². The van der Waals surface area contributed by atoms with Crippen molar-refractivity contribution in [2.24, 2.45) is 0 Å². The van der Waals surface area contributed by atoms with E-state index >= 15 is 0 Å². The maximum atomic E-state index is 12.4. The fourth-order valence-corrected chi connectivity index (χ4v) is 5.23. The normalized spacial score (nSPS) is 13.9. The zero-order chi connectivity index (χ0) is 28.3. The summed E-state index contributed by atoms with van der Waals surface area (Å²) >= 11 is 0. The highest BCUT2D eigenvalue weighted by Crippen LogP contribution is 2.11. The molecule has 0 aliphatic rings. The molecule has 2 unspecified atom stereocenters. The van der Waals surface area contributed by atoms with Gasteiger partial charge in [0.15, 0.2) is 0 Å². The van der Waals surface area contributed by atoms with Crippen LogP contribution in [0.3, 0.4) is 0 Å². The van der Waals surface area contributed by atoms with Crippen LogP contribution in [0.15, 0.2) is 24.3 Å². The van der Waals surface area contributed by atoms with Crippen LogP contribution in [0.25, 0.3) is 0 Å². The van der Waals surface area contributed by atoms with Gasteiger partial charge in [-0.3, -0.25) is 9.35 Å². The predicted molar refractivity (Wildman–Crippen MR) is 161 cm³/mol. The van der Waals surface area contributed by atoms with Crippen LogP contribution in [0, 0.1) is 0 Å².